The second kappa shape index (κ2) is 9.77. The van der Waals surface area contributed by atoms with Gasteiger partial charge < -0.3 is 15.5 Å². The summed E-state index contributed by atoms with van der Waals surface area (Å²) in [5, 5.41) is 6.24. The van der Waals surface area contributed by atoms with Gasteiger partial charge in [-0.15, -0.1) is 0 Å². The maximum absolute atomic E-state index is 12.2. The van der Waals surface area contributed by atoms with Crippen LogP contribution in [0.2, 0.25) is 0 Å². The molecule has 0 bridgehead atoms. The number of amides is 2. The molecule has 2 unspecified atom stereocenters. The summed E-state index contributed by atoms with van der Waals surface area (Å²) in [5.74, 6) is 0.303. The van der Waals surface area contributed by atoms with Crippen molar-refractivity contribution in [1.82, 2.24) is 15.5 Å². The summed E-state index contributed by atoms with van der Waals surface area (Å²) in [6.07, 6.45) is 3.77. The summed E-state index contributed by atoms with van der Waals surface area (Å²) in [6, 6.07) is 0. The minimum atomic E-state index is -0.0436. The second-order valence-corrected chi connectivity index (χ2v) is 5.97. The van der Waals surface area contributed by atoms with Crippen molar-refractivity contribution < 1.29 is 9.59 Å². The molecule has 5 nitrogen and oxygen atoms in total. The molecule has 1 fully saturated rings. The normalized spacial score (nSPS) is 20.1. The first kappa shape index (κ1) is 18.0. The maximum atomic E-state index is 12.2. The number of hydrogen-bond acceptors (Lipinski definition) is 3. The number of carbonyl (C=O) groups is 2. The Morgan fingerprint density at radius 1 is 1.24 bits per heavy atom. The molecule has 2 N–H and O–H groups in total. The largest absolute Gasteiger partial charge is 0.355 e. The summed E-state index contributed by atoms with van der Waals surface area (Å²) in [4.78, 5) is 26.2. The molecule has 1 saturated heterocycles. The SMILES string of the molecule is CCCNCCNC(=O)C1CCCN(C(=O)C(C)CC)C1. The van der Waals surface area contributed by atoms with E-state index in [2.05, 4.69) is 17.6 Å². The smallest absolute Gasteiger partial charge is 0.225 e. The van der Waals surface area contributed by atoms with Crippen LogP contribution in [0.4, 0.5) is 0 Å². The Labute approximate surface area is 128 Å². The monoisotopic (exact) mass is 297 g/mol. The van der Waals surface area contributed by atoms with Gasteiger partial charge in [0, 0.05) is 32.1 Å². The van der Waals surface area contributed by atoms with E-state index in [-0.39, 0.29) is 23.7 Å². The van der Waals surface area contributed by atoms with E-state index in [0.29, 0.717) is 13.1 Å². The molecule has 2 amide bonds. The zero-order chi connectivity index (χ0) is 15.7. The average molecular weight is 297 g/mol. The van der Waals surface area contributed by atoms with E-state index in [1.54, 1.807) is 0 Å². The zero-order valence-electron chi connectivity index (χ0n) is 13.8. The third-order valence-corrected chi connectivity index (χ3v) is 4.17. The summed E-state index contributed by atoms with van der Waals surface area (Å²) in [7, 11) is 0. The Morgan fingerprint density at radius 3 is 2.67 bits per heavy atom. The molecule has 0 aromatic carbocycles. The van der Waals surface area contributed by atoms with Crippen molar-refractivity contribution in [3.8, 4) is 0 Å². The highest BCUT2D eigenvalue weighted by atomic mass is 16.2. The third-order valence-electron chi connectivity index (χ3n) is 4.17. The lowest BCUT2D eigenvalue weighted by Crippen LogP contribution is -2.47. The van der Waals surface area contributed by atoms with Crippen LogP contribution < -0.4 is 10.6 Å². The first-order valence-corrected chi connectivity index (χ1v) is 8.37. The fourth-order valence-electron chi connectivity index (χ4n) is 2.60. The van der Waals surface area contributed by atoms with Gasteiger partial charge in [-0.1, -0.05) is 20.8 Å². The van der Waals surface area contributed by atoms with Crippen molar-refractivity contribution in [2.24, 2.45) is 11.8 Å². The number of carbonyl (C=O) groups excluding carboxylic acids is 2. The minimum absolute atomic E-state index is 0.0436. The first-order chi connectivity index (χ1) is 10.1. The van der Waals surface area contributed by atoms with Crippen LogP contribution in [-0.2, 0) is 9.59 Å². The number of nitrogens with zero attached hydrogens (tertiary/aromatic N) is 1. The second-order valence-electron chi connectivity index (χ2n) is 5.97. The van der Waals surface area contributed by atoms with Crippen molar-refractivity contribution in [3.63, 3.8) is 0 Å². The summed E-state index contributed by atoms with van der Waals surface area (Å²) >= 11 is 0. The molecule has 0 aromatic heterocycles. The fraction of sp³-hybridized carbons (Fsp3) is 0.875. The van der Waals surface area contributed by atoms with Crippen LogP contribution >= 0.6 is 0 Å². The number of piperidine rings is 1. The summed E-state index contributed by atoms with van der Waals surface area (Å²) in [6.45, 7) is 9.94. The molecule has 1 heterocycles. The highest BCUT2D eigenvalue weighted by Gasteiger charge is 2.29. The van der Waals surface area contributed by atoms with Gasteiger partial charge in [0.1, 0.15) is 0 Å². The Balaban J connectivity index is 2.34. The third kappa shape index (κ3) is 6.04. The summed E-state index contributed by atoms with van der Waals surface area (Å²) < 4.78 is 0. The van der Waals surface area contributed by atoms with Gasteiger partial charge in [-0.3, -0.25) is 9.59 Å². The van der Waals surface area contributed by atoms with Gasteiger partial charge in [0.25, 0.3) is 0 Å². The van der Waals surface area contributed by atoms with Crippen molar-refractivity contribution in [3.05, 3.63) is 0 Å². The van der Waals surface area contributed by atoms with Crippen LogP contribution in [-0.4, -0.2) is 49.4 Å². The molecule has 0 aliphatic carbocycles. The van der Waals surface area contributed by atoms with E-state index >= 15 is 0 Å². The van der Waals surface area contributed by atoms with E-state index < -0.39 is 0 Å². The van der Waals surface area contributed by atoms with Gasteiger partial charge in [-0.25, -0.2) is 0 Å². The fourth-order valence-corrected chi connectivity index (χ4v) is 2.60. The lowest BCUT2D eigenvalue weighted by molar-refractivity contribution is -0.138. The van der Waals surface area contributed by atoms with Crippen LogP contribution in [0.25, 0.3) is 0 Å². The van der Waals surface area contributed by atoms with E-state index in [1.807, 2.05) is 18.7 Å². The van der Waals surface area contributed by atoms with Crippen molar-refractivity contribution in [2.45, 2.75) is 46.5 Å². The van der Waals surface area contributed by atoms with Gasteiger partial charge in [-0.2, -0.15) is 0 Å². The van der Waals surface area contributed by atoms with E-state index in [0.717, 1.165) is 45.3 Å². The Kier molecular flexibility index (Phi) is 8.35. The highest BCUT2D eigenvalue weighted by Crippen LogP contribution is 2.19. The zero-order valence-corrected chi connectivity index (χ0v) is 13.8. The molecule has 1 rings (SSSR count). The van der Waals surface area contributed by atoms with Crippen LogP contribution in [0.3, 0.4) is 0 Å². The molecule has 0 radical (unpaired) electrons. The molecule has 1 aliphatic heterocycles. The number of hydrogen-bond donors (Lipinski definition) is 2. The molecule has 0 saturated carbocycles. The molecule has 21 heavy (non-hydrogen) atoms. The predicted molar refractivity (Wildman–Crippen MR) is 84.9 cm³/mol. The Hall–Kier alpha value is -1.10. The first-order valence-electron chi connectivity index (χ1n) is 8.37. The molecule has 1 aliphatic rings. The molecular formula is C16H31N3O2. The predicted octanol–water partition coefficient (Wildman–Crippen LogP) is 1.39. The van der Waals surface area contributed by atoms with Crippen molar-refractivity contribution >= 4 is 11.8 Å². The van der Waals surface area contributed by atoms with E-state index in [4.69, 9.17) is 0 Å². The number of nitrogens with one attached hydrogen (secondary N) is 2. The number of likely N-dealkylation sites (tertiary alicyclic amines) is 1. The van der Waals surface area contributed by atoms with E-state index in [9.17, 15) is 9.59 Å². The minimum Gasteiger partial charge on any atom is -0.355 e. The Morgan fingerprint density at radius 2 is 2.00 bits per heavy atom. The van der Waals surface area contributed by atoms with Gasteiger partial charge in [0.15, 0.2) is 0 Å². The van der Waals surface area contributed by atoms with Crippen LogP contribution in [0.15, 0.2) is 0 Å². The topological polar surface area (TPSA) is 61.4 Å². The van der Waals surface area contributed by atoms with Gasteiger partial charge in [0.05, 0.1) is 5.92 Å². The standard InChI is InChI=1S/C16H31N3O2/c1-4-8-17-9-10-18-15(20)14-7-6-11-19(12-14)16(21)13(3)5-2/h13-14,17H,4-12H2,1-3H3,(H,18,20). The van der Waals surface area contributed by atoms with Crippen LogP contribution in [0, 0.1) is 11.8 Å². The molecular weight excluding hydrogens is 266 g/mol. The quantitative estimate of drug-likeness (QED) is 0.666. The maximum Gasteiger partial charge on any atom is 0.225 e. The Bertz CT molecular complexity index is 333. The van der Waals surface area contributed by atoms with Crippen LogP contribution in [0.1, 0.15) is 46.5 Å². The lowest BCUT2D eigenvalue weighted by atomic mass is 9.95. The molecule has 2 atom stereocenters. The molecule has 122 valence electrons. The van der Waals surface area contributed by atoms with Crippen LogP contribution in [0.5, 0.6) is 0 Å². The average Bonchev–Trinajstić information content (AvgIpc) is 2.53. The van der Waals surface area contributed by atoms with Crippen molar-refractivity contribution in [1.29, 1.82) is 0 Å². The van der Waals surface area contributed by atoms with Gasteiger partial charge in [0.2, 0.25) is 11.8 Å². The van der Waals surface area contributed by atoms with E-state index in [1.165, 1.54) is 0 Å². The summed E-state index contributed by atoms with van der Waals surface area (Å²) in [5.41, 5.74) is 0. The van der Waals surface area contributed by atoms with Crippen molar-refractivity contribution in [2.75, 3.05) is 32.7 Å². The molecule has 5 heteroatoms. The lowest BCUT2D eigenvalue weighted by Gasteiger charge is -2.33. The molecule has 0 spiro atoms. The number of rotatable bonds is 8. The van der Waals surface area contributed by atoms with Gasteiger partial charge >= 0.3 is 0 Å². The highest BCUT2D eigenvalue weighted by molar-refractivity contribution is 5.82. The van der Waals surface area contributed by atoms with Gasteiger partial charge in [-0.05, 0) is 32.2 Å². The molecule has 0 aromatic rings.